The third-order valence-corrected chi connectivity index (χ3v) is 5.46. The monoisotopic (exact) mass is 323 g/mol. The molecule has 0 bridgehead atoms. The molecule has 0 aromatic heterocycles. The average molecular weight is 323 g/mol. The zero-order chi connectivity index (χ0) is 16.3. The highest BCUT2D eigenvalue weighted by Gasteiger charge is 2.29. The summed E-state index contributed by atoms with van der Waals surface area (Å²) in [4.78, 5) is 13.8. The molecule has 1 amide bonds. The summed E-state index contributed by atoms with van der Waals surface area (Å²) in [6.07, 6.45) is 3.80. The predicted octanol–water partition coefficient (Wildman–Crippen LogP) is 1.74. The number of carbonyl (C=O) groups excluding carboxylic acids is 1. The normalized spacial score (nSPS) is 16.9. The summed E-state index contributed by atoms with van der Waals surface area (Å²) in [5.74, 6) is 0.478. The van der Waals surface area contributed by atoms with E-state index in [9.17, 15) is 13.2 Å². The van der Waals surface area contributed by atoms with Gasteiger partial charge in [-0.05, 0) is 36.6 Å². The molecule has 1 aromatic rings. The Morgan fingerprint density at radius 1 is 1.27 bits per heavy atom. The summed E-state index contributed by atoms with van der Waals surface area (Å²) < 4.78 is 28.1. The van der Waals surface area contributed by atoms with Crippen LogP contribution in [-0.4, -0.2) is 50.9 Å². The molecule has 0 radical (unpaired) electrons. The van der Waals surface area contributed by atoms with Gasteiger partial charge in [0.2, 0.25) is 5.91 Å². The second kappa shape index (κ2) is 6.52. The minimum atomic E-state index is -3.35. The third-order valence-electron chi connectivity index (χ3n) is 3.97. The molecule has 0 N–H and O–H groups in total. The summed E-state index contributed by atoms with van der Waals surface area (Å²) >= 11 is 0. The second-order valence-corrected chi connectivity index (χ2v) is 7.83. The first-order chi connectivity index (χ1) is 10.3. The topological polar surface area (TPSA) is 63.7 Å². The molecule has 0 saturated carbocycles. The van der Waals surface area contributed by atoms with E-state index in [-0.39, 0.29) is 5.91 Å². The van der Waals surface area contributed by atoms with Crippen molar-refractivity contribution >= 4 is 21.3 Å². The molecule has 0 fully saturated rings. The lowest BCUT2D eigenvalue weighted by atomic mass is 9.99. The van der Waals surface area contributed by atoms with Crippen LogP contribution < -0.4 is 4.74 Å². The van der Waals surface area contributed by atoms with Gasteiger partial charge < -0.3 is 9.64 Å². The van der Waals surface area contributed by atoms with Gasteiger partial charge in [-0.3, -0.25) is 4.79 Å². The minimum absolute atomic E-state index is 0.326. The summed E-state index contributed by atoms with van der Waals surface area (Å²) in [7, 11) is -1.72. The molecule has 22 heavy (non-hydrogen) atoms. The van der Waals surface area contributed by atoms with E-state index in [1.165, 1.54) is 12.5 Å². The number of nitrogens with zero attached hydrogens (tertiary/aromatic N) is 1. The number of hydrogen-bond donors (Lipinski definition) is 0. The number of methoxy groups -OCH3 is 1. The van der Waals surface area contributed by atoms with E-state index in [0.717, 1.165) is 17.6 Å². The molecule has 5 nitrogen and oxygen atoms in total. The number of rotatable bonds is 4. The quantitative estimate of drug-likeness (QED) is 0.847. The van der Waals surface area contributed by atoms with Crippen LogP contribution in [-0.2, 0) is 14.6 Å². The molecule has 0 aliphatic carbocycles. The number of sulfone groups is 1. The van der Waals surface area contributed by atoms with Crippen molar-refractivity contribution in [2.45, 2.75) is 18.6 Å². The fraction of sp³-hybridized carbons (Fsp3) is 0.438. The average Bonchev–Trinajstić information content (AvgIpc) is 2.53. The Hall–Kier alpha value is -1.82. The first kappa shape index (κ1) is 16.5. The van der Waals surface area contributed by atoms with Gasteiger partial charge >= 0.3 is 0 Å². The zero-order valence-corrected chi connectivity index (χ0v) is 13.9. The Balaban J connectivity index is 2.07. The van der Waals surface area contributed by atoms with Crippen molar-refractivity contribution in [2.24, 2.45) is 0 Å². The van der Waals surface area contributed by atoms with E-state index in [4.69, 9.17) is 4.74 Å². The molecule has 6 heteroatoms. The lowest BCUT2D eigenvalue weighted by molar-refractivity contribution is -0.130. The van der Waals surface area contributed by atoms with Gasteiger partial charge in [0.05, 0.1) is 7.11 Å². The van der Waals surface area contributed by atoms with Gasteiger partial charge in [0.15, 0.2) is 9.84 Å². The highest BCUT2D eigenvalue weighted by Crippen LogP contribution is 2.24. The fourth-order valence-corrected chi connectivity index (χ4v) is 2.89. The van der Waals surface area contributed by atoms with Crippen LogP contribution in [0.5, 0.6) is 5.75 Å². The Labute approximate surface area is 131 Å². The van der Waals surface area contributed by atoms with Crippen LogP contribution in [0, 0.1) is 0 Å². The number of ether oxygens (including phenoxy) is 1. The summed E-state index contributed by atoms with van der Waals surface area (Å²) in [6, 6.07) is 7.78. The largest absolute Gasteiger partial charge is 0.497 e. The van der Waals surface area contributed by atoms with E-state index in [0.29, 0.717) is 19.5 Å². The van der Waals surface area contributed by atoms with Crippen molar-refractivity contribution in [2.75, 3.05) is 26.5 Å². The molecule has 1 aliphatic heterocycles. The fourth-order valence-electron chi connectivity index (χ4n) is 2.38. The molecule has 0 spiro atoms. The van der Waals surface area contributed by atoms with E-state index < -0.39 is 15.1 Å². The van der Waals surface area contributed by atoms with Crippen molar-refractivity contribution in [3.63, 3.8) is 0 Å². The zero-order valence-electron chi connectivity index (χ0n) is 13.1. The van der Waals surface area contributed by atoms with Gasteiger partial charge in [0, 0.05) is 19.3 Å². The Morgan fingerprint density at radius 3 is 2.36 bits per heavy atom. The van der Waals surface area contributed by atoms with Crippen molar-refractivity contribution < 1.29 is 17.9 Å². The summed E-state index contributed by atoms with van der Waals surface area (Å²) in [5.41, 5.74) is 2.27. The molecule has 1 heterocycles. The molecular weight excluding hydrogens is 302 g/mol. The summed E-state index contributed by atoms with van der Waals surface area (Å²) in [5, 5.41) is -0.983. The van der Waals surface area contributed by atoms with Crippen LogP contribution >= 0.6 is 0 Å². The van der Waals surface area contributed by atoms with E-state index >= 15 is 0 Å². The van der Waals surface area contributed by atoms with Gasteiger partial charge in [-0.25, -0.2) is 8.42 Å². The Morgan fingerprint density at radius 2 is 1.91 bits per heavy atom. The number of carbonyl (C=O) groups is 1. The molecular formula is C16H21NO4S. The molecule has 1 atom stereocenters. The van der Waals surface area contributed by atoms with Crippen LogP contribution in [0.4, 0.5) is 0 Å². The van der Waals surface area contributed by atoms with E-state index in [1.54, 1.807) is 12.0 Å². The minimum Gasteiger partial charge on any atom is -0.497 e. The first-order valence-corrected chi connectivity index (χ1v) is 9.09. The molecule has 2 rings (SSSR count). The van der Waals surface area contributed by atoms with E-state index in [1.807, 2.05) is 30.3 Å². The van der Waals surface area contributed by atoms with Crippen LogP contribution in [0.1, 0.15) is 18.9 Å². The number of amides is 1. The SMILES string of the molecule is COc1ccc(C2=CCN(C(=O)[C@H](C)S(C)(=O)=O)CC2)cc1. The molecule has 120 valence electrons. The summed E-state index contributed by atoms with van der Waals surface area (Å²) in [6.45, 7) is 2.43. The highest BCUT2D eigenvalue weighted by atomic mass is 32.2. The lowest BCUT2D eigenvalue weighted by Crippen LogP contribution is -2.43. The Kier molecular flexibility index (Phi) is 4.90. The standard InChI is InChI=1S/C16H21NO4S/c1-12(22(3,19)20)16(18)17-10-8-14(9-11-17)13-4-6-15(21-2)7-5-13/h4-8,12H,9-11H2,1-3H3/t12-/m0/s1. The van der Waals surface area contributed by atoms with Gasteiger partial charge in [0.25, 0.3) is 0 Å². The van der Waals surface area contributed by atoms with Crippen molar-refractivity contribution in [1.82, 2.24) is 4.90 Å². The highest BCUT2D eigenvalue weighted by molar-refractivity contribution is 7.92. The van der Waals surface area contributed by atoms with Gasteiger partial charge in [-0.2, -0.15) is 0 Å². The number of hydrogen-bond acceptors (Lipinski definition) is 4. The van der Waals surface area contributed by atoms with Crippen LogP contribution in [0.15, 0.2) is 30.3 Å². The van der Waals surface area contributed by atoms with E-state index in [2.05, 4.69) is 0 Å². The number of benzene rings is 1. The van der Waals surface area contributed by atoms with Gasteiger partial charge in [0.1, 0.15) is 11.0 Å². The molecule has 1 aliphatic rings. The van der Waals surface area contributed by atoms with Crippen LogP contribution in [0.3, 0.4) is 0 Å². The van der Waals surface area contributed by atoms with Gasteiger partial charge in [-0.1, -0.05) is 18.2 Å². The van der Waals surface area contributed by atoms with Crippen LogP contribution in [0.25, 0.3) is 5.57 Å². The van der Waals surface area contributed by atoms with Crippen LogP contribution in [0.2, 0.25) is 0 Å². The predicted molar refractivity (Wildman–Crippen MR) is 86.5 cm³/mol. The van der Waals surface area contributed by atoms with Crippen molar-refractivity contribution in [1.29, 1.82) is 0 Å². The maximum Gasteiger partial charge on any atom is 0.240 e. The molecule has 1 aromatic carbocycles. The molecule has 0 saturated heterocycles. The smallest absolute Gasteiger partial charge is 0.240 e. The lowest BCUT2D eigenvalue weighted by Gasteiger charge is -2.28. The molecule has 0 unspecified atom stereocenters. The van der Waals surface area contributed by atoms with Crippen molar-refractivity contribution in [3.8, 4) is 5.75 Å². The maximum atomic E-state index is 12.2. The maximum absolute atomic E-state index is 12.2. The van der Waals surface area contributed by atoms with Gasteiger partial charge in [-0.15, -0.1) is 0 Å². The Bertz CT molecular complexity index is 677. The second-order valence-electron chi connectivity index (χ2n) is 5.46. The van der Waals surface area contributed by atoms with Crippen molar-refractivity contribution in [3.05, 3.63) is 35.9 Å². The first-order valence-electron chi connectivity index (χ1n) is 7.14. The third kappa shape index (κ3) is 3.68.